The first-order chi connectivity index (χ1) is 16.8. The van der Waals surface area contributed by atoms with Crippen molar-refractivity contribution in [3.05, 3.63) is 77.6 Å². The van der Waals surface area contributed by atoms with Crippen LogP contribution in [0.2, 0.25) is 0 Å². The largest absolute Gasteiger partial charge is 0.481 e. The molecule has 2 atom stereocenters. The second-order valence-corrected chi connectivity index (χ2v) is 8.69. The van der Waals surface area contributed by atoms with Gasteiger partial charge in [0.25, 0.3) is 0 Å². The third kappa shape index (κ3) is 5.51. The second kappa shape index (κ2) is 10.4. The van der Waals surface area contributed by atoms with E-state index in [-0.39, 0.29) is 31.4 Å². The molecule has 0 bridgehead atoms. The number of carbonyl (C=O) groups excluding carboxylic acids is 2. The number of aromatic nitrogens is 2. The van der Waals surface area contributed by atoms with Crippen molar-refractivity contribution in [3.63, 3.8) is 0 Å². The van der Waals surface area contributed by atoms with Gasteiger partial charge in [-0.15, -0.1) is 0 Å². The summed E-state index contributed by atoms with van der Waals surface area (Å²) >= 11 is 0. The van der Waals surface area contributed by atoms with Gasteiger partial charge in [0.15, 0.2) is 0 Å². The lowest BCUT2D eigenvalue weighted by atomic mass is 9.98. The molecule has 9 nitrogen and oxygen atoms in total. The number of hydrogen-bond acceptors (Lipinski definition) is 5. The van der Waals surface area contributed by atoms with Crippen LogP contribution in [0.1, 0.15) is 48.4 Å². The van der Waals surface area contributed by atoms with Crippen molar-refractivity contribution in [2.45, 2.75) is 37.8 Å². The first-order valence-corrected chi connectivity index (χ1v) is 11.5. The standard InChI is InChI=1S/C26H28N4O5/c1-16(11-12-23(31)32)28-25(33)24(17-13-27-30(2)14-17)29-26(34)35-15-22-20-9-5-3-7-18(20)19-8-4-6-10-21(19)22/h3-10,13-14,16,22,24H,11-12,15H2,1-2H3,(H,28,33)(H,29,34)(H,31,32). The van der Waals surface area contributed by atoms with Gasteiger partial charge in [-0.1, -0.05) is 48.5 Å². The zero-order valence-corrected chi connectivity index (χ0v) is 19.6. The van der Waals surface area contributed by atoms with Crippen molar-refractivity contribution in [1.82, 2.24) is 20.4 Å². The maximum atomic E-state index is 13.0. The van der Waals surface area contributed by atoms with Gasteiger partial charge in [-0.3, -0.25) is 14.3 Å². The van der Waals surface area contributed by atoms with Crippen LogP contribution in [0.3, 0.4) is 0 Å². The van der Waals surface area contributed by atoms with Crippen LogP contribution in [0.15, 0.2) is 60.9 Å². The van der Waals surface area contributed by atoms with E-state index in [9.17, 15) is 14.4 Å². The van der Waals surface area contributed by atoms with Gasteiger partial charge in [-0.05, 0) is 35.6 Å². The van der Waals surface area contributed by atoms with Gasteiger partial charge in [-0.25, -0.2) is 4.79 Å². The molecular weight excluding hydrogens is 448 g/mol. The maximum absolute atomic E-state index is 13.0. The number of nitrogens with one attached hydrogen (secondary N) is 2. The lowest BCUT2D eigenvalue weighted by Gasteiger charge is -2.21. The Morgan fingerprint density at radius 2 is 1.69 bits per heavy atom. The van der Waals surface area contributed by atoms with Crippen LogP contribution in [0.25, 0.3) is 11.1 Å². The SMILES string of the molecule is CC(CCC(=O)O)NC(=O)C(NC(=O)OCC1c2ccccc2-c2ccccc21)c1cnn(C)c1. The van der Waals surface area contributed by atoms with E-state index >= 15 is 0 Å². The normalized spacial score (nSPS) is 13.9. The van der Waals surface area contributed by atoms with Crippen molar-refractivity contribution in [2.24, 2.45) is 7.05 Å². The van der Waals surface area contributed by atoms with E-state index in [0.29, 0.717) is 5.56 Å². The number of alkyl carbamates (subject to hydrolysis) is 1. The molecule has 182 valence electrons. The minimum atomic E-state index is -1.04. The molecule has 9 heteroatoms. The van der Waals surface area contributed by atoms with Gasteiger partial charge in [0.1, 0.15) is 12.6 Å². The molecule has 1 heterocycles. The summed E-state index contributed by atoms with van der Waals surface area (Å²) in [6.45, 7) is 1.84. The third-order valence-corrected chi connectivity index (χ3v) is 6.11. The Kier molecular flexibility index (Phi) is 7.14. The number of carboxylic acid groups (broad SMARTS) is 1. The monoisotopic (exact) mass is 476 g/mol. The molecule has 0 fully saturated rings. The summed E-state index contributed by atoms with van der Waals surface area (Å²) < 4.78 is 7.13. The molecule has 1 aliphatic rings. The highest BCUT2D eigenvalue weighted by molar-refractivity contribution is 5.87. The fourth-order valence-corrected chi connectivity index (χ4v) is 4.39. The molecular formula is C26H28N4O5. The summed E-state index contributed by atoms with van der Waals surface area (Å²) in [6, 6.07) is 14.7. The number of carbonyl (C=O) groups is 3. The molecule has 0 aliphatic heterocycles. The highest BCUT2D eigenvalue weighted by Crippen LogP contribution is 2.44. The fraction of sp³-hybridized carbons (Fsp3) is 0.308. The predicted octanol–water partition coefficient (Wildman–Crippen LogP) is 3.37. The molecule has 0 saturated carbocycles. The fourth-order valence-electron chi connectivity index (χ4n) is 4.39. The number of aliphatic carboxylic acids is 1. The minimum absolute atomic E-state index is 0.0706. The molecule has 3 aromatic rings. The van der Waals surface area contributed by atoms with Gasteiger partial charge in [0.05, 0.1) is 6.20 Å². The summed E-state index contributed by atoms with van der Waals surface area (Å²) in [5, 5.41) is 18.4. The number of rotatable bonds is 9. The molecule has 2 amide bonds. The average Bonchev–Trinajstić information content (AvgIpc) is 3.41. The third-order valence-electron chi connectivity index (χ3n) is 6.11. The predicted molar refractivity (Wildman–Crippen MR) is 129 cm³/mol. The van der Waals surface area contributed by atoms with Gasteiger partial charge in [0, 0.05) is 37.2 Å². The molecule has 2 aromatic carbocycles. The quantitative estimate of drug-likeness (QED) is 0.435. The Hall–Kier alpha value is -4.14. The molecule has 0 spiro atoms. The van der Waals surface area contributed by atoms with E-state index in [0.717, 1.165) is 22.3 Å². The molecule has 1 aromatic heterocycles. The maximum Gasteiger partial charge on any atom is 0.408 e. The zero-order chi connectivity index (χ0) is 24.9. The highest BCUT2D eigenvalue weighted by Gasteiger charge is 2.30. The van der Waals surface area contributed by atoms with Crippen LogP contribution in [-0.2, 0) is 21.4 Å². The van der Waals surface area contributed by atoms with Crippen LogP contribution in [0.5, 0.6) is 0 Å². The summed E-state index contributed by atoms with van der Waals surface area (Å²) in [4.78, 5) is 36.6. The number of ether oxygens (including phenoxy) is 1. The summed E-state index contributed by atoms with van der Waals surface area (Å²) in [7, 11) is 1.71. The van der Waals surface area contributed by atoms with E-state index in [4.69, 9.17) is 9.84 Å². The first kappa shape index (κ1) is 24.0. The molecule has 1 aliphatic carbocycles. The zero-order valence-electron chi connectivity index (χ0n) is 19.6. The van der Waals surface area contributed by atoms with Crippen LogP contribution >= 0.6 is 0 Å². The van der Waals surface area contributed by atoms with E-state index in [2.05, 4.69) is 27.9 Å². The number of benzene rings is 2. The van der Waals surface area contributed by atoms with Crippen LogP contribution in [-0.4, -0.2) is 45.5 Å². The second-order valence-electron chi connectivity index (χ2n) is 8.69. The molecule has 3 N–H and O–H groups in total. The number of nitrogens with zero attached hydrogens (tertiary/aromatic N) is 2. The van der Waals surface area contributed by atoms with E-state index < -0.39 is 24.0 Å². The number of amides is 2. The van der Waals surface area contributed by atoms with Gasteiger partial charge < -0.3 is 20.5 Å². The Labute approximate surface area is 203 Å². The number of aryl methyl sites for hydroxylation is 1. The lowest BCUT2D eigenvalue weighted by molar-refractivity contribution is -0.137. The smallest absolute Gasteiger partial charge is 0.408 e. The van der Waals surface area contributed by atoms with Gasteiger partial charge in [-0.2, -0.15) is 5.10 Å². The Morgan fingerprint density at radius 1 is 1.06 bits per heavy atom. The van der Waals surface area contributed by atoms with Crippen LogP contribution in [0.4, 0.5) is 4.79 Å². The molecule has 2 unspecified atom stereocenters. The first-order valence-electron chi connectivity index (χ1n) is 11.5. The summed E-state index contributed by atoms with van der Waals surface area (Å²) in [6.07, 6.45) is 2.60. The summed E-state index contributed by atoms with van der Waals surface area (Å²) in [5.74, 6) is -1.51. The number of hydrogen-bond donors (Lipinski definition) is 3. The molecule has 0 saturated heterocycles. The minimum Gasteiger partial charge on any atom is -0.481 e. The van der Waals surface area contributed by atoms with Crippen molar-refractivity contribution >= 4 is 18.0 Å². The highest BCUT2D eigenvalue weighted by atomic mass is 16.5. The van der Waals surface area contributed by atoms with Crippen molar-refractivity contribution in [2.75, 3.05) is 6.61 Å². The van der Waals surface area contributed by atoms with Crippen LogP contribution < -0.4 is 10.6 Å². The Morgan fingerprint density at radius 3 is 2.26 bits per heavy atom. The average molecular weight is 477 g/mol. The van der Waals surface area contributed by atoms with E-state index in [1.54, 1.807) is 20.2 Å². The van der Waals surface area contributed by atoms with E-state index in [1.807, 2.05) is 36.4 Å². The van der Waals surface area contributed by atoms with Crippen molar-refractivity contribution in [1.29, 1.82) is 0 Å². The topological polar surface area (TPSA) is 123 Å². The molecule has 0 radical (unpaired) electrons. The summed E-state index contributed by atoms with van der Waals surface area (Å²) in [5.41, 5.74) is 4.93. The molecule has 4 rings (SSSR count). The van der Waals surface area contributed by atoms with Gasteiger partial charge >= 0.3 is 12.1 Å². The van der Waals surface area contributed by atoms with E-state index in [1.165, 1.54) is 10.9 Å². The van der Waals surface area contributed by atoms with Crippen LogP contribution in [0, 0.1) is 0 Å². The van der Waals surface area contributed by atoms with Gasteiger partial charge in [0.2, 0.25) is 5.91 Å². The van der Waals surface area contributed by atoms with Crippen molar-refractivity contribution in [3.8, 4) is 11.1 Å². The Bertz CT molecular complexity index is 1190. The lowest BCUT2D eigenvalue weighted by Crippen LogP contribution is -2.44. The number of carboxylic acids is 1. The molecule has 35 heavy (non-hydrogen) atoms. The number of fused-ring (bicyclic) bond motifs is 3. The Balaban J connectivity index is 1.44. The van der Waals surface area contributed by atoms with Crippen molar-refractivity contribution < 1.29 is 24.2 Å².